The number of methoxy groups -OCH3 is 1. The van der Waals surface area contributed by atoms with Gasteiger partial charge < -0.3 is 9.64 Å². The number of carbonyl (C=O) groups is 2. The second kappa shape index (κ2) is 7.82. The van der Waals surface area contributed by atoms with E-state index in [1.807, 2.05) is 48.6 Å². The smallest absolute Gasteiger partial charge is 0.328 e. The Kier molecular flexibility index (Phi) is 5.23. The van der Waals surface area contributed by atoms with E-state index in [-0.39, 0.29) is 11.7 Å². The van der Waals surface area contributed by atoms with Gasteiger partial charge in [0.05, 0.1) is 12.9 Å². The summed E-state index contributed by atoms with van der Waals surface area (Å²) in [5.41, 5.74) is 3.93. The van der Waals surface area contributed by atoms with Gasteiger partial charge in [0.15, 0.2) is 5.16 Å². The van der Waals surface area contributed by atoms with Crippen LogP contribution in [0, 0.1) is 13.8 Å². The minimum atomic E-state index is -0.621. The van der Waals surface area contributed by atoms with Gasteiger partial charge >= 0.3 is 5.97 Å². The zero-order valence-corrected chi connectivity index (χ0v) is 17.3. The molecule has 3 heterocycles. The summed E-state index contributed by atoms with van der Waals surface area (Å²) in [4.78, 5) is 31.3. The highest BCUT2D eigenvalue weighted by Crippen LogP contribution is 2.26. The molecule has 0 aliphatic carbocycles. The summed E-state index contributed by atoms with van der Waals surface area (Å²) in [7, 11) is 1.35. The van der Waals surface area contributed by atoms with Crippen molar-refractivity contribution in [2.24, 2.45) is 0 Å². The Labute approximate surface area is 172 Å². The molecule has 150 valence electrons. The molecule has 8 nitrogen and oxygen atoms in total. The molecule has 0 unspecified atom stereocenters. The molecule has 0 spiro atoms. The normalized spacial score (nSPS) is 16.0. The molecule has 29 heavy (non-hydrogen) atoms. The molecule has 0 saturated heterocycles. The largest absolute Gasteiger partial charge is 0.467 e. The number of esters is 1. The molecule has 0 N–H and O–H groups in total. The fourth-order valence-corrected chi connectivity index (χ4v) is 4.51. The quantitative estimate of drug-likeness (QED) is 0.479. The third-order valence-electron chi connectivity index (χ3n) is 5.03. The van der Waals surface area contributed by atoms with Gasteiger partial charge in [-0.05, 0) is 31.0 Å². The van der Waals surface area contributed by atoms with Crippen LogP contribution < -0.4 is 0 Å². The summed E-state index contributed by atoms with van der Waals surface area (Å²) in [5.74, 6) is 0.108. The molecule has 1 aliphatic rings. The van der Waals surface area contributed by atoms with Crippen LogP contribution in [0.4, 0.5) is 0 Å². The molecule has 1 amide bonds. The second-order valence-electron chi connectivity index (χ2n) is 6.98. The van der Waals surface area contributed by atoms with Crippen LogP contribution in [0.1, 0.15) is 22.5 Å². The van der Waals surface area contributed by atoms with Gasteiger partial charge in [0.25, 0.3) is 5.78 Å². The number of hydrogen-bond donors (Lipinski definition) is 0. The van der Waals surface area contributed by atoms with Crippen molar-refractivity contribution >= 4 is 29.4 Å². The van der Waals surface area contributed by atoms with E-state index in [4.69, 9.17) is 4.74 Å². The lowest BCUT2D eigenvalue weighted by Crippen LogP contribution is -2.49. The second-order valence-corrected chi connectivity index (χ2v) is 7.92. The van der Waals surface area contributed by atoms with Crippen LogP contribution >= 0.6 is 11.8 Å². The van der Waals surface area contributed by atoms with Crippen molar-refractivity contribution in [3.05, 3.63) is 52.8 Å². The first-order valence-corrected chi connectivity index (χ1v) is 10.2. The van der Waals surface area contributed by atoms with Gasteiger partial charge in [0.1, 0.15) is 6.04 Å². The SMILES string of the molecule is COC(=O)[C@H]1Cc2ccccc2CN1C(=O)CSc1nnc2nc(C)cc(C)n12. The van der Waals surface area contributed by atoms with Crippen LogP contribution in [0.3, 0.4) is 0 Å². The average molecular weight is 411 g/mol. The minimum absolute atomic E-state index is 0.143. The maximum absolute atomic E-state index is 13.0. The van der Waals surface area contributed by atoms with E-state index in [1.54, 1.807) is 4.90 Å². The Morgan fingerprint density at radius 2 is 1.97 bits per heavy atom. The molecule has 9 heteroatoms. The molecular formula is C20H21N5O3S. The van der Waals surface area contributed by atoms with Crippen molar-refractivity contribution in [2.45, 2.75) is 38.0 Å². The van der Waals surface area contributed by atoms with Crippen molar-refractivity contribution < 1.29 is 14.3 Å². The predicted molar refractivity (Wildman–Crippen MR) is 107 cm³/mol. The molecule has 4 rings (SSSR count). The highest BCUT2D eigenvalue weighted by molar-refractivity contribution is 7.99. The number of carbonyl (C=O) groups excluding carboxylic acids is 2. The molecular weight excluding hydrogens is 390 g/mol. The van der Waals surface area contributed by atoms with Gasteiger partial charge in [-0.3, -0.25) is 9.20 Å². The van der Waals surface area contributed by atoms with Crippen LogP contribution in [-0.2, 0) is 27.3 Å². The monoisotopic (exact) mass is 411 g/mol. The van der Waals surface area contributed by atoms with E-state index in [0.29, 0.717) is 23.9 Å². The van der Waals surface area contributed by atoms with Crippen LogP contribution in [0.15, 0.2) is 35.5 Å². The topological polar surface area (TPSA) is 89.7 Å². The van der Waals surface area contributed by atoms with Crippen LogP contribution in [0.2, 0.25) is 0 Å². The first-order valence-electron chi connectivity index (χ1n) is 9.24. The van der Waals surface area contributed by atoms with Gasteiger partial charge in [0, 0.05) is 24.4 Å². The number of rotatable bonds is 4. The molecule has 0 bridgehead atoms. The number of thioether (sulfide) groups is 1. The number of amides is 1. The Balaban J connectivity index is 1.55. The van der Waals surface area contributed by atoms with Gasteiger partial charge in [-0.25, -0.2) is 9.78 Å². The lowest BCUT2D eigenvalue weighted by molar-refractivity contribution is -0.153. The van der Waals surface area contributed by atoms with E-state index in [0.717, 1.165) is 22.5 Å². The highest BCUT2D eigenvalue weighted by Gasteiger charge is 2.35. The Bertz CT molecular complexity index is 1100. The zero-order chi connectivity index (χ0) is 20.5. The van der Waals surface area contributed by atoms with Crippen molar-refractivity contribution in [1.29, 1.82) is 0 Å². The number of aryl methyl sites for hydroxylation is 2. The van der Waals surface area contributed by atoms with E-state index < -0.39 is 12.0 Å². The summed E-state index contributed by atoms with van der Waals surface area (Å²) in [6, 6.07) is 9.17. The maximum Gasteiger partial charge on any atom is 0.328 e. The van der Waals surface area contributed by atoms with Gasteiger partial charge in [0.2, 0.25) is 5.91 Å². The summed E-state index contributed by atoms with van der Waals surface area (Å²) in [6.45, 7) is 4.24. The maximum atomic E-state index is 13.0. The minimum Gasteiger partial charge on any atom is -0.467 e. The summed E-state index contributed by atoms with van der Waals surface area (Å²) < 4.78 is 6.77. The van der Waals surface area contributed by atoms with E-state index in [9.17, 15) is 9.59 Å². The Morgan fingerprint density at radius 1 is 1.21 bits per heavy atom. The average Bonchev–Trinajstić information content (AvgIpc) is 3.13. The van der Waals surface area contributed by atoms with Gasteiger partial charge in [-0.2, -0.15) is 0 Å². The van der Waals surface area contributed by atoms with E-state index in [2.05, 4.69) is 15.2 Å². The van der Waals surface area contributed by atoms with Crippen LogP contribution in [0.25, 0.3) is 5.78 Å². The van der Waals surface area contributed by atoms with E-state index in [1.165, 1.54) is 18.9 Å². The Morgan fingerprint density at radius 3 is 2.72 bits per heavy atom. The van der Waals surface area contributed by atoms with Crippen LogP contribution in [0.5, 0.6) is 0 Å². The summed E-state index contributed by atoms with van der Waals surface area (Å²) in [6.07, 6.45) is 0.454. The fourth-order valence-electron chi connectivity index (χ4n) is 3.63. The molecule has 0 radical (unpaired) electrons. The van der Waals surface area contributed by atoms with Gasteiger partial charge in [-0.15, -0.1) is 10.2 Å². The standard InChI is InChI=1S/C20H21N5O3S/c1-12-8-13(2)25-19(21-12)22-23-20(25)29-11-17(26)24-10-15-7-5-4-6-14(15)9-16(24)18(27)28-3/h4-8,16H,9-11H2,1-3H3/t16-/m1/s1. The van der Waals surface area contributed by atoms with Crippen molar-refractivity contribution in [3.63, 3.8) is 0 Å². The van der Waals surface area contributed by atoms with E-state index >= 15 is 0 Å². The number of benzene rings is 1. The number of hydrogen-bond acceptors (Lipinski definition) is 7. The molecule has 1 aromatic carbocycles. The highest BCUT2D eigenvalue weighted by atomic mass is 32.2. The van der Waals surface area contributed by atoms with Crippen molar-refractivity contribution in [2.75, 3.05) is 12.9 Å². The van der Waals surface area contributed by atoms with Gasteiger partial charge in [-0.1, -0.05) is 36.0 Å². The number of aromatic nitrogens is 4. The fraction of sp³-hybridized carbons (Fsp3) is 0.350. The predicted octanol–water partition coefficient (Wildman–Crippen LogP) is 1.96. The first-order chi connectivity index (χ1) is 14.0. The molecule has 3 aromatic rings. The molecule has 0 fully saturated rings. The molecule has 0 saturated carbocycles. The first kappa shape index (κ1) is 19.4. The van der Waals surface area contributed by atoms with Crippen LogP contribution in [-0.4, -0.2) is 55.3 Å². The summed E-state index contributed by atoms with van der Waals surface area (Å²) >= 11 is 1.29. The zero-order valence-electron chi connectivity index (χ0n) is 16.5. The lowest BCUT2D eigenvalue weighted by Gasteiger charge is -2.35. The number of nitrogens with zero attached hydrogens (tertiary/aromatic N) is 5. The third kappa shape index (κ3) is 3.69. The third-order valence-corrected chi connectivity index (χ3v) is 5.94. The molecule has 2 aromatic heterocycles. The lowest BCUT2D eigenvalue weighted by atomic mass is 9.94. The van der Waals surface area contributed by atoms with Crippen molar-refractivity contribution in [3.8, 4) is 0 Å². The van der Waals surface area contributed by atoms with Crippen molar-refractivity contribution in [1.82, 2.24) is 24.5 Å². The summed E-state index contributed by atoms with van der Waals surface area (Å²) in [5, 5.41) is 8.87. The number of fused-ring (bicyclic) bond motifs is 2. The molecule has 1 aliphatic heterocycles. The molecule has 1 atom stereocenters. The number of ether oxygens (including phenoxy) is 1. The Hall–Kier alpha value is -2.94.